The van der Waals surface area contributed by atoms with E-state index in [2.05, 4.69) is 194 Å². The minimum absolute atomic E-state index is 0.907. The van der Waals surface area contributed by atoms with E-state index in [4.69, 9.17) is 0 Å². The summed E-state index contributed by atoms with van der Waals surface area (Å²) < 4.78 is 0. The summed E-state index contributed by atoms with van der Waals surface area (Å²) in [5, 5.41) is 0. The van der Waals surface area contributed by atoms with Gasteiger partial charge in [-0.3, -0.25) is 0 Å². The molecule has 0 atom stereocenters. The number of hydrogen-bond donors (Lipinski definition) is 0. The average molecular weight is 647 g/mol. The molecule has 0 saturated carbocycles. The van der Waals surface area contributed by atoms with E-state index in [-0.39, 0.29) is 0 Å². The summed E-state index contributed by atoms with van der Waals surface area (Å²) in [6.45, 7) is 0. The first-order valence-electron chi connectivity index (χ1n) is 17.8. The Morgan fingerprint density at radius 2 is 0.667 bits per heavy atom. The molecule has 0 heteroatoms. The van der Waals surface area contributed by atoms with Crippen LogP contribution in [0, 0.1) is 0 Å². The molecule has 0 unspecified atom stereocenters. The zero-order valence-corrected chi connectivity index (χ0v) is 28.2. The Balaban J connectivity index is 1.38. The van der Waals surface area contributed by atoms with Crippen molar-refractivity contribution in [1.82, 2.24) is 0 Å². The van der Waals surface area contributed by atoms with Crippen molar-refractivity contribution in [2.45, 2.75) is 6.42 Å². The van der Waals surface area contributed by atoms with Crippen molar-refractivity contribution in [3.8, 4) is 22.3 Å². The molecule has 0 aliphatic heterocycles. The lowest BCUT2D eigenvalue weighted by molar-refractivity contribution is 1.23. The maximum Gasteiger partial charge on any atom is -0.000149 e. The Morgan fingerprint density at radius 1 is 0.275 bits per heavy atom. The summed E-state index contributed by atoms with van der Waals surface area (Å²) in [6.07, 6.45) is 3.35. The van der Waals surface area contributed by atoms with Crippen molar-refractivity contribution in [3.63, 3.8) is 0 Å². The molecule has 238 valence electrons. The van der Waals surface area contributed by atoms with Crippen LogP contribution in [0.25, 0.3) is 50.6 Å². The second-order valence-corrected chi connectivity index (χ2v) is 13.6. The first-order valence-corrected chi connectivity index (χ1v) is 17.8. The Bertz CT molecular complexity index is 2580. The molecule has 0 saturated heterocycles. The van der Waals surface area contributed by atoms with Crippen LogP contribution in [0.4, 0.5) is 0 Å². The quantitative estimate of drug-likeness (QED) is 0.169. The summed E-state index contributed by atoms with van der Waals surface area (Å²) >= 11 is 0. The number of fused-ring (bicyclic) bond motifs is 4. The van der Waals surface area contributed by atoms with Gasteiger partial charge in [-0.2, -0.15) is 0 Å². The zero-order valence-electron chi connectivity index (χ0n) is 28.2. The van der Waals surface area contributed by atoms with Crippen LogP contribution in [0.15, 0.2) is 205 Å². The molecular weight excluding hydrogens is 613 g/mol. The highest BCUT2D eigenvalue weighted by molar-refractivity contribution is 6.30. The van der Waals surface area contributed by atoms with Crippen molar-refractivity contribution in [2.24, 2.45) is 0 Å². The highest BCUT2D eigenvalue weighted by Crippen LogP contribution is 2.62. The van der Waals surface area contributed by atoms with E-state index in [1.165, 1.54) is 100 Å². The van der Waals surface area contributed by atoms with Crippen molar-refractivity contribution >= 4 is 28.4 Å². The van der Waals surface area contributed by atoms with Gasteiger partial charge in [0, 0.05) is 0 Å². The van der Waals surface area contributed by atoms with E-state index >= 15 is 0 Å². The Labute approximate surface area is 299 Å². The van der Waals surface area contributed by atoms with Gasteiger partial charge < -0.3 is 0 Å². The highest BCUT2D eigenvalue weighted by atomic mass is 14.4. The molecule has 0 fully saturated rings. The van der Waals surface area contributed by atoms with E-state index in [9.17, 15) is 0 Å². The first-order chi connectivity index (χ1) is 25.3. The van der Waals surface area contributed by atoms with Crippen LogP contribution in [0.2, 0.25) is 0 Å². The molecule has 3 aliphatic carbocycles. The van der Waals surface area contributed by atoms with Gasteiger partial charge in [0.25, 0.3) is 0 Å². The highest BCUT2D eigenvalue weighted by Gasteiger charge is 2.41. The average Bonchev–Trinajstić information content (AvgIpc) is 3.89. The van der Waals surface area contributed by atoms with Crippen LogP contribution in [0.3, 0.4) is 0 Å². The van der Waals surface area contributed by atoms with E-state index in [1.807, 2.05) is 0 Å². The largest absolute Gasteiger partial charge is 0.0622 e. The van der Waals surface area contributed by atoms with Crippen molar-refractivity contribution in [3.05, 3.63) is 244 Å². The molecule has 0 heterocycles. The summed E-state index contributed by atoms with van der Waals surface area (Å²) in [7, 11) is 0. The van der Waals surface area contributed by atoms with Gasteiger partial charge in [-0.05, 0) is 119 Å². The minimum atomic E-state index is 0.907. The molecule has 0 aromatic heterocycles. The molecule has 7 aromatic carbocycles. The van der Waals surface area contributed by atoms with Crippen LogP contribution in [0.1, 0.15) is 38.9 Å². The predicted molar refractivity (Wildman–Crippen MR) is 215 cm³/mol. The van der Waals surface area contributed by atoms with Crippen molar-refractivity contribution in [1.29, 1.82) is 0 Å². The standard InChI is InChI=1S/C51H34/c1-6-18-34(19-7-1)42-32-44-45(33-43(42)35-20-8-2-9-21-35)50-49(41-30-39-28-16-17-29-40(39)31-41)47(37-24-12-4-13-25-37)48(38-26-14-5-15-27-38)51(50)46(44)36-22-10-3-11-23-36/h1-30,32-33H,31H2. The van der Waals surface area contributed by atoms with Crippen LogP contribution in [-0.4, -0.2) is 0 Å². The Morgan fingerprint density at radius 3 is 1.16 bits per heavy atom. The minimum Gasteiger partial charge on any atom is -0.0622 e. The molecular formula is C51H34. The summed E-state index contributed by atoms with van der Waals surface area (Å²) in [5.74, 6) is 0. The van der Waals surface area contributed by atoms with Crippen molar-refractivity contribution in [2.75, 3.05) is 0 Å². The molecule has 3 aliphatic rings. The molecule has 0 amide bonds. The fourth-order valence-corrected chi connectivity index (χ4v) is 8.46. The molecule has 10 rings (SSSR count). The lowest BCUT2D eigenvalue weighted by atomic mass is 9.84. The van der Waals surface area contributed by atoms with E-state index in [0.29, 0.717) is 0 Å². The van der Waals surface area contributed by atoms with Crippen molar-refractivity contribution < 1.29 is 0 Å². The van der Waals surface area contributed by atoms with E-state index in [1.54, 1.807) is 0 Å². The van der Waals surface area contributed by atoms with Gasteiger partial charge in [-0.1, -0.05) is 182 Å². The zero-order chi connectivity index (χ0) is 33.7. The number of allylic oxidation sites excluding steroid dienone is 6. The molecule has 0 spiro atoms. The first kappa shape index (κ1) is 29.4. The van der Waals surface area contributed by atoms with Crippen LogP contribution >= 0.6 is 0 Å². The Hall–Kier alpha value is -6.50. The Kier molecular flexibility index (Phi) is 6.99. The monoisotopic (exact) mass is 646 g/mol. The molecule has 0 nitrogen and oxygen atoms in total. The predicted octanol–water partition coefficient (Wildman–Crippen LogP) is 12.9. The maximum absolute atomic E-state index is 2.50. The van der Waals surface area contributed by atoms with Gasteiger partial charge in [-0.15, -0.1) is 0 Å². The number of hydrogen-bond acceptors (Lipinski definition) is 0. The summed E-state index contributed by atoms with van der Waals surface area (Å²) in [4.78, 5) is 0. The molecule has 0 N–H and O–H groups in total. The lowest BCUT2D eigenvalue weighted by Gasteiger charge is -2.19. The smallest absolute Gasteiger partial charge is 0.000149 e. The van der Waals surface area contributed by atoms with Gasteiger partial charge in [0.05, 0.1) is 0 Å². The third-order valence-electron chi connectivity index (χ3n) is 10.6. The second kappa shape index (κ2) is 12.1. The molecule has 0 radical (unpaired) electrons. The van der Waals surface area contributed by atoms with Gasteiger partial charge >= 0.3 is 0 Å². The van der Waals surface area contributed by atoms with E-state index in [0.717, 1.165) is 6.42 Å². The van der Waals surface area contributed by atoms with Gasteiger partial charge in [-0.25, -0.2) is 0 Å². The third kappa shape index (κ3) is 4.83. The lowest BCUT2D eigenvalue weighted by Crippen LogP contribution is -1.99. The number of benzene rings is 7. The fraction of sp³-hybridized carbons (Fsp3) is 0.0196. The normalized spacial score (nSPS) is 14.5. The SMILES string of the molecule is C1=C(C2=C3C(=C(c4ccccc4)c4cc(-c5ccccc5)c(-c5ccccc5)cc43)C(c3ccccc3)=C2c2ccccc2)Cc2ccccc21. The second-order valence-electron chi connectivity index (χ2n) is 13.6. The topological polar surface area (TPSA) is 0 Å². The molecule has 0 bridgehead atoms. The number of rotatable bonds is 6. The summed E-state index contributed by atoms with van der Waals surface area (Å²) in [5.41, 5.74) is 23.3. The van der Waals surface area contributed by atoms with Gasteiger partial charge in [0.2, 0.25) is 0 Å². The fourth-order valence-electron chi connectivity index (χ4n) is 8.46. The third-order valence-corrected chi connectivity index (χ3v) is 10.6. The molecule has 7 aromatic rings. The van der Waals surface area contributed by atoms with E-state index < -0.39 is 0 Å². The van der Waals surface area contributed by atoms with Gasteiger partial charge in [0.15, 0.2) is 0 Å². The summed E-state index contributed by atoms with van der Waals surface area (Å²) in [6, 6.07) is 68.9. The van der Waals surface area contributed by atoms with Crippen LogP contribution < -0.4 is 0 Å². The van der Waals surface area contributed by atoms with Crippen LogP contribution in [0.5, 0.6) is 0 Å². The van der Waals surface area contributed by atoms with Crippen LogP contribution in [-0.2, 0) is 6.42 Å². The van der Waals surface area contributed by atoms with Gasteiger partial charge in [0.1, 0.15) is 0 Å². The molecule has 51 heavy (non-hydrogen) atoms. The maximum atomic E-state index is 2.50.